The van der Waals surface area contributed by atoms with Gasteiger partial charge in [-0.1, -0.05) is 48.5 Å². The van der Waals surface area contributed by atoms with E-state index in [1.54, 1.807) is 0 Å². The summed E-state index contributed by atoms with van der Waals surface area (Å²) >= 11 is 0. The van der Waals surface area contributed by atoms with E-state index in [9.17, 15) is 0 Å². The van der Waals surface area contributed by atoms with Gasteiger partial charge in [0.2, 0.25) is 0 Å². The van der Waals surface area contributed by atoms with E-state index < -0.39 is 0 Å². The molecule has 2 aliphatic heterocycles. The maximum atomic E-state index is 6.03. The number of hydrogen-bond acceptors (Lipinski definition) is 2. The quantitative estimate of drug-likeness (QED) is 0.868. The summed E-state index contributed by atoms with van der Waals surface area (Å²) in [6, 6.07) is 17.3. The van der Waals surface area contributed by atoms with Crippen molar-refractivity contribution in [1.82, 2.24) is 5.32 Å². The van der Waals surface area contributed by atoms with Crippen molar-refractivity contribution in [2.45, 2.75) is 18.6 Å². The molecule has 2 nitrogen and oxygen atoms in total. The van der Waals surface area contributed by atoms with Gasteiger partial charge in [-0.05, 0) is 22.3 Å². The first-order chi connectivity index (χ1) is 9.43. The Kier molecular flexibility index (Phi) is 3.79. The van der Waals surface area contributed by atoms with E-state index in [4.69, 9.17) is 4.74 Å². The first-order valence-electron chi connectivity index (χ1n) is 6.93. The van der Waals surface area contributed by atoms with Crippen LogP contribution >= 0.6 is 12.4 Å². The molecule has 2 heterocycles. The highest BCUT2D eigenvalue weighted by Gasteiger charge is 2.35. The first kappa shape index (κ1) is 13.6. The number of benzene rings is 2. The van der Waals surface area contributed by atoms with Crippen LogP contribution in [-0.4, -0.2) is 19.2 Å². The SMILES string of the molecule is Cl.c1ccc(-c2cccc3c2COC2CNCC32)cc1. The molecule has 2 unspecified atom stereocenters. The largest absolute Gasteiger partial charge is 0.371 e. The van der Waals surface area contributed by atoms with Gasteiger partial charge in [0.25, 0.3) is 0 Å². The molecular formula is C17H18ClNO. The van der Waals surface area contributed by atoms with E-state index in [1.807, 2.05) is 0 Å². The lowest BCUT2D eigenvalue weighted by Crippen LogP contribution is -2.27. The molecule has 2 atom stereocenters. The summed E-state index contributed by atoms with van der Waals surface area (Å²) in [7, 11) is 0. The molecule has 0 bridgehead atoms. The highest BCUT2D eigenvalue weighted by atomic mass is 35.5. The normalized spacial score (nSPS) is 23.6. The Morgan fingerprint density at radius 1 is 0.950 bits per heavy atom. The monoisotopic (exact) mass is 287 g/mol. The first-order valence-corrected chi connectivity index (χ1v) is 6.93. The molecule has 0 spiro atoms. The van der Waals surface area contributed by atoms with Gasteiger partial charge in [-0.25, -0.2) is 0 Å². The van der Waals surface area contributed by atoms with Crippen molar-refractivity contribution in [2.24, 2.45) is 0 Å². The Morgan fingerprint density at radius 3 is 2.65 bits per heavy atom. The van der Waals surface area contributed by atoms with E-state index in [0.29, 0.717) is 12.0 Å². The summed E-state index contributed by atoms with van der Waals surface area (Å²) < 4.78 is 6.03. The molecule has 2 aliphatic rings. The molecule has 104 valence electrons. The number of ether oxygens (including phenoxy) is 1. The molecule has 0 amide bonds. The minimum absolute atomic E-state index is 0. The molecule has 3 heteroatoms. The molecule has 1 fully saturated rings. The van der Waals surface area contributed by atoms with Crippen molar-refractivity contribution in [3.8, 4) is 11.1 Å². The second-order valence-electron chi connectivity index (χ2n) is 5.35. The molecule has 2 aromatic carbocycles. The molecule has 0 saturated carbocycles. The molecular weight excluding hydrogens is 270 g/mol. The van der Waals surface area contributed by atoms with E-state index in [0.717, 1.165) is 19.7 Å². The van der Waals surface area contributed by atoms with Crippen LogP contribution < -0.4 is 5.32 Å². The van der Waals surface area contributed by atoms with Crippen LogP contribution in [0.4, 0.5) is 0 Å². The molecule has 1 N–H and O–H groups in total. The topological polar surface area (TPSA) is 21.3 Å². The van der Waals surface area contributed by atoms with Gasteiger partial charge >= 0.3 is 0 Å². The Morgan fingerprint density at radius 2 is 1.80 bits per heavy atom. The Hall–Kier alpha value is -1.35. The van der Waals surface area contributed by atoms with Gasteiger partial charge in [0, 0.05) is 19.0 Å². The van der Waals surface area contributed by atoms with Crippen LogP contribution in [0.1, 0.15) is 17.0 Å². The molecule has 1 saturated heterocycles. The maximum Gasteiger partial charge on any atom is 0.0784 e. The van der Waals surface area contributed by atoms with Crippen molar-refractivity contribution in [3.05, 3.63) is 59.7 Å². The lowest BCUT2D eigenvalue weighted by Gasteiger charge is -2.29. The van der Waals surface area contributed by atoms with E-state index in [1.165, 1.54) is 22.3 Å². The fourth-order valence-corrected chi connectivity index (χ4v) is 3.33. The number of halogens is 1. The van der Waals surface area contributed by atoms with Gasteiger partial charge < -0.3 is 10.1 Å². The van der Waals surface area contributed by atoms with Gasteiger partial charge in [-0.15, -0.1) is 12.4 Å². The minimum atomic E-state index is 0. The van der Waals surface area contributed by atoms with Crippen LogP contribution in [0.5, 0.6) is 0 Å². The van der Waals surface area contributed by atoms with Crippen LogP contribution in [0.15, 0.2) is 48.5 Å². The van der Waals surface area contributed by atoms with E-state index >= 15 is 0 Å². The Bertz CT molecular complexity index is 599. The minimum Gasteiger partial charge on any atom is -0.371 e. The zero-order chi connectivity index (χ0) is 12.7. The highest BCUT2D eigenvalue weighted by Crippen LogP contribution is 2.38. The standard InChI is InChI=1S/C17H17NO.ClH/c1-2-5-12(6-3-1)13-7-4-8-14-15-9-18-10-17(15)19-11-16(13)14;/h1-8,15,17-18H,9-11H2;1H. The van der Waals surface area contributed by atoms with Gasteiger partial charge in [0.05, 0.1) is 12.7 Å². The summed E-state index contributed by atoms with van der Waals surface area (Å²) in [5, 5.41) is 3.44. The van der Waals surface area contributed by atoms with Gasteiger partial charge in [-0.3, -0.25) is 0 Å². The lowest BCUT2D eigenvalue weighted by molar-refractivity contribution is 0.0303. The highest BCUT2D eigenvalue weighted by molar-refractivity contribution is 5.85. The predicted molar refractivity (Wildman–Crippen MR) is 83.3 cm³/mol. The van der Waals surface area contributed by atoms with Gasteiger partial charge in [0.1, 0.15) is 0 Å². The van der Waals surface area contributed by atoms with Crippen LogP contribution in [0.25, 0.3) is 11.1 Å². The summed E-state index contributed by atoms with van der Waals surface area (Å²) in [6.45, 7) is 2.76. The Labute approximate surface area is 125 Å². The average Bonchev–Trinajstić information content (AvgIpc) is 2.96. The third-order valence-electron chi connectivity index (χ3n) is 4.30. The number of hydrogen-bond donors (Lipinski definition) is 1. The molecule has 2 aromatic rings. The summed E-state index contributed by atoms with van der Waals surface area (Å²) in [5.74, 6) is 0.521. The third kappa shape index (κ3) is 2.14. The fourth-order valence-electron chi connectivity index (χ4n) is 3.33. The summed E-state index contributed by atoms with van der Waals surface area (Å²) in [4.78, 5) is 0. The van der Waals surface area contributed by atoms with Crippen LogP contribution in [0.3, 0.4) is 0 Å². The van der Waals surface area contributed by atoms with Crippen LogP contribution in [0, 0.1) is 0 Å². The third-order valence-corrected chi connectivity index (χ3v) is 4.30. The zero-order valence-electron chi connectivity index (χ0n) is 11.2. The molecule has 20 heavy (non-hydrogen) atoms. The second-order valence-corrected chi connectivity index (χ2v) is 5.35. The van der Waals surface area contributed by atoms with Crippen LogP contribution in [0.2, 0.25) is 0 Å². The number of fused-ring (bicyclic) bond motifs is 3. The molecule has 0 aliphatic carbocycles. The maximum absolute atomic E-state index is 6.03. The Balaban J connectivity index is 0.00000121. The van der Waals surface area contributed by atoms with Crippen LogP contribution in [-0.2, 0) is 11.3 Å². The van der Waals surface area contributed by atoms with E-state index in [2.05, 4.69) is 53.8 Å². The molecule has 4 rings (SSSR count). The van der Waals surface area contributed by atoms with Crippen molar-refractivity contribution in [3.63, 3.8) is 0 Å². The van der Waals surface area contributed by atoms with Gasteiger partial charge in [0.15, 0.2) is 0 Å². The summed E-state index contributed by atoms with van der Waals surface area (Å²) in [6.07, 6.45) is 0.360. The number of rotatable bonds is 1. The predicted octanol–water partition coefficient (Wildman–Crippen LogP) is 3.36. The number of nitrogens with one attached hydrogen (secondary N) is 1. The van der Waals surface area contributed by atoms with Gasteiger partial charge in [-0.2, -0.15) is 0 Å². The lowest BCUT2D eigenvalue weighted by atomic mass is 9.85. The zero-order valence-corrected chi connectivity index (χ0v) is 12.0. The van der Waals surface area contributed by atoms with E-state index in [-0.39, 0.29) is 12.4 Å². The molecule has 0 aromatic heterocycles. The smallest absolute Gasteiger partial charge is 0.0784 e. The fraction of sp³-hybridized carbons (Fsp3) is 0.294. The van der Waals surface area contributed by atoms with Crippen molar-refractivity contribution >= 4 is 12.4 Å². The van der Waals surface area contributed by atoms with Crippen molar-refractivity contribution < 1.29 is 4.74 Å². The van der Waals surface area contributed by atoms with Crippen molar-refractivity contribution in [2.75, 3.05) is 13.1 Å². The average molecular weight is 288 g/mol. The second kappa shape index (κ2) is 5.57. The molecule has 0 radical (unpaired) electrons. The summed E-state index contributed by atoms with van der Waals surface area (Å²) in [5.41, 5.74) is 5.46. The van der Waals surface area contributed by atoms with Crippen molar-refractivity contribution in [1.29, 1.82) is 0 Å².